The number of ether oxygens (including phenoxy) is 1. The molecule has 3 aromatic carbocycles. The molecule has 2 N–H and O–H groups in total. The van der Waals surface area contributed by atoms with Crippen LogP contribution in [0, 0.1) is 10.1 Å². The second-order valence-corrected chi connectivity index (χ2v) is 10.6. The van der Waals surface area contributed by atoms with Crippen molar-refractivity contribution < 1.29 is 28.0 Å². The summed E-state index contributed by atoms with van der Waals surface area (Å²) >= 11 is 0. The average Bonchev–Trinajstić information content (AvgIpc) is 3.21. The predicted molar refractivity (Wildman–Crippen MR) is 137 cm³/mol. The van der Waals surface area contributed by atoms with Crippen molar-refractivity contribution in [1.82, 2.24) is 9.62 Å². The number of nitro groups is 1. The highest BCUT2D eigenvalue weighted by molar-refractivity contribution is 7.89. The number of hydrogen-bond acceptors (Lipinski definition) is 7. The number of carbonyl (C=O) groups is 1. The molecule has 0 heterocycles. The van der Waals surface area contributed by atoms with Gasteiger partial charge in [0.15, 0.2) is 0 Å². The summed E-state index contributed by atoms with van der Waals surface area (Å²) in [4.78, 5) is 22.7. The number of rotatable bonds is 10. The number of non-ortho nitro benzene ring substituents is 1. The summed E-state index contributed by atoms with van der Waals surface area (Å²) in [5.74, 6) is -0.109. The van der Waals surface area contributed by atoms with E-state index in [-0.39, 0.29) is 36.2 Å². The van der Waals surface area contributed by atoms with Gasteiger partial charge >= 0.3 is 6.09 Å². The van der Waals surface area contributed by atoms with E-state index in [9.17, 15) is 28.4 Å². The summed E-state index contributed by atoms with van der Waals surface area (Å²) in [6.07, 6.45) is -0.689. The Hall–Kier alpha value is -3.80. The molecular formula is C26H27N3O7S. The zero-order valence-electron chi connectivity index (χ0n) is 20.1. The summed E-state index contributed by atoms with van der Waals surface area (Å²) in [6, 6.07) is 19.8. The van der Waals surface area contributed by atoms with Crippen molar-refractivity contribution >= 4 is 21.8 Å². The second kappa shape index (κ2) is 11.1. The maximum Gasteiger partial charge on any atom is 0.407 e. The van der Waals surface area contributed by atoms with E-state index in [1.54, 1.807) is 6.92 Å². The van der Waals surface area contributed by atoms with Gasteiger partial charge < -0.3 is 15.2 Å². The summed E-state index contributed by atoms with van der Waals surface area (Å²) in [7, 11) is -4.07. The summed E-state index contributed by atoms with van der Waals surface area (Å²) in [5.41, 5.74) is 4.13. The van der Waals surface area contributed by atoms with Gasteiger partial charge in [-0.15, -0.1) is 0 Å². The zero-order valence-corrected chi connectivity index (χ0v) is 20.9. The minimum Gasteiger partial charge on any atom is -0.449 e. The van der Waals surface area contributed by atoms with Crippen molar-refractivity contribution in [3.8, 4) is 11.1 Å². The van der Waals surface area contributed by atoms with Gasteiger partial charge in [0.1, 0.15) is 6.61 Å². The Morgan fingerprint density at radius 2 is 1.62 bits per heavy atom. The predicted octanol–water partition coefficient (Wildman–Crippen LogP) is 3.51. The molecule has 0 spiro atoms. The number of nitro benzene ring substituents is 1. The van der Waals surface area contributed by atoms with Crippen LogP contribution in [0.4, 0.5) is 10.5 Å². The van der Waals surface area contributed by atoms with Gasteiger partial charge in [-0.25, -0.2) is 13.2 Å². The molecule has 11 heteroatoms. The Bertz CT molecular complexity index is 1350. The van der Waals surface area contributed by atoms with Gasteiger partial charge in [0, 0.05) is 37.2 Å². The van der Waals surface area contributed by atoms with Crippen LogP contribution in [0.15, 0.2) is 77.7 Å². The maximum absolute atomic E-state index is 13.1. The zero-order chi connectivity index (χ0) is 26.6. The van der Waals surface area contributed by atoms with Gasteiger partial charge in [-0.2, -0.15) is 4.31 Å². The number of alkyl carbamates (subject to hydrolysis) is 1. The number of amides is 1. The van der Waals surface area contributed by atoms with Crippen molar-refractivity contribution in [2.75, 3.05) is 26.3 Å². The Kier molecular flexibility index (Phi) is 7.86. The number of nitrogens with one attached hydrogen (secondary N) is 1. The number of nitrogens with zero attached hydrogens (tertiary/aromatic N) is 2. The van der Waals surface area contributed by atoms with E-state index in [1.807, 2.05) is 48.5 Å². The van der Waals surface area contributed by atoms with E-state index in [1.165, 1.54) is 0 Å². The number of carbonyl (C=O) groups excluding carboxylic acids is 1. The molecule has 1 amide bonds. The first-order valence-corrected chi connectivity index (χ1v) is 13.1. The first-order valence-electron chi connectivity index (χ1n) is 11.7. The highest BCUT2D eigenvalue weighted by Crippen LogP contribution is 2.44. The summed E-state index contributed by atoms with van der Waals surface area (Å²) in [6.45, 7) is 0.954. The molecule has 3 aromatic rings. The largest absolute Gasteiger partial charge is 0.449 e. The third-order valence-electron chi connectivity index (χ3n) is 6.22. The van der Waals surface area contributed by atoms with Crippen LogP contribution in [0.2, 0.25) is 0 Å². The van der Waals surface area contributed by atoms with Crippen LogP contribution in [0.3, 0.4) is 0 Å². The molecule has 0 saturated heterocycles. The number of aliphatic hydroxyl groups excluding tert-OH is 1. The van der Waals surface area contributed by atoms with E-state index in [4.69, 9.17) is 4.74 Å². The highest BCUT2D eigenvalue weighted by atomic mass is 32.2. The molecule has 194 valence electrons. The topological polar surface area (TPSA) is 139 Å². The molecule has 0 radical (unpaired) electrons. The van der Waals surface area contributed by atoms with Crippen molar-refractivity contribution in [3.05, 3.63) is 94.0 Å². The first-order chi connectivity index (χ1) is 17.7. The summed E-state index contributed by atoms with van der Waals surface area (Å²) < 4.78 is 32.7. The maximum atomic E-state index is 13.1. The number of fused-ring (bicyclic) bond motifs is 3. The number of benzene rings is 3. The fourth-order valence-corrected chi connectivity index (χ4v) is 6.02. The van der Waals surface area contributed by atoms with Crippen LogP contribution in [0.1, 0.15) is 24.0 Å². The average molecular weight is 526 g/mol. The van der Waals surface area contributed by atoms with Crippen LogP contribution in [-0.4, -0.2) is 61.2 Å². The lowest BCUT2D eigenvalue weighted by Gasteiger charge is -2.25. The molecule has 10 nitrogen and oxygen atoms in total. The van der Waals surface area contributed by atoms with E-state index in [0.717, 1.165) is 50.8 Å². The molecule has 1 aliphatic rings. The van der Waals surface area contributed by atoms with E-state index in [2.05, 4.69) is 5.32 Å². The standard InChI is InChI=1S/C26H27N3O7S/c1-18(16-28(14-15-30)37(34,35)20-12-10-19(11-13-20)29(32)33)27-26(31)36-17-25-23-8-4-2-6-21(23)22-7-3-5-9-24(22)25/h2-13,18,25,30H,14-17H2,1H3,(H,27,31)/t18-/m0/s1. The molecule has 0 saturated carbocycles. The van der Waals surface area contributed by atoms with Crippen LogP contribution in [-0.2, 0) is 14.8 Å². The van der Waals surface area contributed by atoms with Gasteiger partial charge in [-0.05, 0) is 41.3 Å². The Morgan fingerprint density at radius 1 is 1.05 bits per heavy atom. The van der Waals surface area contributed by atoms with Crippen LogP contribution in [0.25, 0.3) is 11.1 Å². The van der Waals surface area contributed by atoms with Crippen LogP contribution >= 0.6 is 0 Å². The van der Waals surface area contributed by atoms with Crippen molar-refractivity contribution in [2.24, 2.45) is 0 Å². The van der Waals surface area contributed by atoms with E-state index < -0.39 is 33.7 Å². The third-order valence-corrected chi connectivity index (χ3v) is 8.10. The molecule has 1 atom stereocenters. The highest BCUT2D eigenvalue weighted by Gasteiger charge is 2.30. The van der Waals surface area contributed by atoms with Crippen LogP contribution < -0.4 is 5.32 Å². The normalized spacial score (nSPS) is 13.6. The molecule has 37 heavy (non-hydrogen) atoms. The van der Waals surface area contributed by atoms with Crippen molar-refractivity contribution in [1.29, 1.82) is 0 Å². The minimum atomic E-state index is -4.07. The second-order valence-electron chi connectivity index (χ2n) is 8.71. The number of hydrogen-bond donors (Lipinski definition) is 2. The quantitative estimate of drug-likeness (QED) is 0.305. The molecule has 0 aliphatic heterocycles. The van der Waals surface area contributed by atoms with Gasteiger partial charge in [0.25, 0.3) is 5.69 Å². The molecule has 0 fully saturated rings. The lowest BCUT2D eigenvalue weighted by atomic mass is 9.98. The van der Waals surface area contributed by atoms with Crippen molar-refractivity contribution in [3.63, 3.8) is 0 Å². The van der Waals surface area contributed by atoms with Crippen LogP contribution in [0.5, 0.6) is 0 Å². The molecule has 4 rings (SSSR count). The number of aliphatic hydroxyl groups is 1. The molecule has 0 unspecified atom stereocenters. The Morgan fingerprint density at radius 3 is 2.16 bits per heavy atom. The SMILES string of the molecule is C[C@@H](CN(CCO)S(=O)(=O)c1ccc([N+](=O)[O-])cc1)NC(=O)OCC1c2ccccc2-c2ccccc21. The van der Waals surface area contributed by atoms with Gasteiger partial charge in [-0.3, -0.25) is 10.1 Å². The van der Waals surface area contributed by atoms with Gasteiger partial charge in [-0.1, -0.05) is 48.5 Å². The van der Waals surface area contributed by atoms with Gasteiger partial charge in [0.2, 0.25) is 10.0 Å². The molecule has 0 aromatic heterocycles. The number of sulfonamides is 1. The Labute approximate surface area is 214 Å². The van der Waals surface area contributed by atoms with Crippen molar-refractivity contribution in [2.45, 2.75) is 23.8 Å². The molecule has 0 bridgehead atoms. The summed E-state index contributed by atoms with van der Waals surface area (Å²) in [5, 5.41) is 22.9. The molecule has 1 aliphatic carbocycles. The first kappa shape index (κ1) is 26.3. The lowest BCUT2D eigenvalue weighted by Crippen LogP contribution is -2.45. The Balaban J connectivity index is 1.39. The van der Waals surface area contributed by atoms with E-state index in [0.29, 0.717) is 0 Å². The fourth-order valence-electron chi connectivity index (χ4n) is 4.50. The third kappa shape index (κ3) is 5.63. The lowest BCUT2D eigenvalue weighted by molar-refractivity contribution is -0.384. The fraction of sp³-hybridized carbons (Fsp3) is 0.269. The minimum absolute atomic E-state index is 0.109. The monoisotopic (exact) mass is 525 g/mol. The smallest absolute Gasteiger partial charge is 0.407 e. The molecular weight excluding hydrogens is 498 g/mol. The van der Waals surface area contributed by atoms with Gasteiger partial charge in [0.05, 0.1) is 16.4 Å². The van der Waals surface area contributed by atoms with E-state index >= 15 is 0 Å².